The smallest absolute Gasteiger partial charge is 0.317 e. The summed E-state index contributed by atoms with van der Waals surface area (Å²) >= 11 is 0. The number of nitrogens with zero attached hydrogens (tertiary/aromatic N) is 2. The highest BCUT2D eigenvalue weighted by Gasteiger charge is 2.44. The summed E-state index contributed by atoms with van der Waals surface area (Å²) in [6.45, 7) is 5.67. The highest BCUT2D eigenvalue weighted by molar-refractivity contribution is 5.69. The van der Waals surface area contributed by atoms with Crippen LogP contribution in [0.3, 0.4) is 0 Å². The van der Waals surface area contributed by atoms with Gasteiger partial charge < -0.3 is 19.8 Å². The first kappa shape index (κ1) is 16.7. The Morgan fingerprint density at radius 2 is 1.86 bits per heavy atom. The van der Waals surface area contributed by atoms with E-state index in [1.54, 1.807) is 7.11 Å². The molecule has 0 aromatic heterocycles. The summed E-state index contributed by atoms with van der Waals surface area (Å²) in [6, 6.07) is 0. The van der Waals surface area contributed by atoms with Crippen LogP contribution in [-0.4, -0.2) is 85.6 Å². The predicted octanol–water partition coefficient (Wildman–Crippen LogP) is 0.114. The molecule has 0 saturated carbocycles. The first-order chi connectivity index (χ1) is 10.1. The van der Waals surface area contributed by atoms with E-state index < -0.39 is 5.97 Å². The number of carboxylic acids is 1. The lowest BCUT2D eigenvalue weighted by atomic mass is 9.64. The number of likely N-dealkylation sites (tertiary alicyclic amines) is 2. The molecule has 2 fully saturated rings. The lowest BCUT2D eigenvalue weighted by molar-refractivity contribution is -0.139. The van der Waals surface area contributed by atoms with Crippen molar-refractivity contribution >= 4 is 5.97 Å². The van der Waals surface area contributed by atoms with Crippen LogP contribution in [0.5, 0.6) is 0 Å². The maximum atomic E-state index is 10.8. The lowest BCUT2D eigenvalue weighted by Gasteiger charge is -2.51. The zero-order chi connectivity index (χ0) is 15.3. The van der Waals surface area contributed by atoms with Gasteiger partial charge in [-0.25, -0.2) is 0 Å². The van der Waals surface area contributed by atoms with Crippen LogP contribution in [0.1, 0.15) is 19.3 Å². The molecule has 2 N–H and O–H groups in total. The number of methoxy groups -OCH3 is 1. The van der Waals surface area contributed by atoms with Crippen LogP contribution in [0.4, 0.5) is 0 Å². The molecular formula is C15H28N2O4. The van der Waals surface area contributed by atoms with Gasteiger partial charge in [0.05, 0.1) is 13.2 Å². The molecule has 2 heterocycles. The fourth-order valence-electron chi connectivity index (χ4n) is 3.86. The van der Waals surface area contributed by atoms with Gasteiger partial charge in [-0.15, -0.1) is 0 Å². The second-order valence-corrected chi connectivity index (χ2v) is 6.46. The van der Waals surface area contributed by atoms with Crippen molar-refractivity contribution in [2.24, 2.45) is 11.3 Å². The second kappa shape index (κ2) is 7.54. The van der Waals surface area contributed by atoms with Crippen LogP contribution >= 0.6 is 0 Å². The molecule has 2 aliphatic heterocycles. The largest absolute Gasteiger partial charge is 0.480 e. The van der Waals surface area contributed by atoms with Gasteiger partial charge in [0.2, 0.25) is 0 Å². The number of aliphatic carboxylic acids is 1. The van der Waals surface area contributed by atoms with Gasteiger partial charge in [0.15, 0.2) is 0 Å². The van der Waals surface area contributed by atoms with Crippen LogP contribution in [-0.2, 0) is 9.53 Å². The van der Waals surface area contributed by atoms with Gasteiger partial charge in [0, 0.05) is 32.7 Å². The topological polar surface area (TPSA) is 73.2 Å². The van der Waals surface area contributed by atoms with E-state index >= 15 is 0 Å². The normalized spacial score (nSPS) is 27.0. The number of ether oxygens (including phenoxy) is 1. The molecule has 1 atom stereocenters. The molecule has 1 spiro atoms. The SMILES string of the molecule is COCCN1CCC2(CCN(CC(=O)O)CC2)C(CO)C1. The van der Waals surface area contributed by atoms with Gasteiger partial charge >= 0.3 is 5.97 Å². The number of carbonyl (C=O) groups is 1. The van der Waals surface area contributed by atoms with Crippen LogP contribution in [0, 0.1) is 11.3 Å². The molecule has 1 unspecified atom stereocenters. The zero-order valence-corrected chi connectivity index (χ0v) is 13.0. The van der Waals surface area contributed by atoms with Crippen molar-refractivity contribution in [3.05, 3.63) is 0 Å². The molecule has 0 aliphatic carbocycles. The van der Waals surface area contributed by atoms with E-state index in [-0.39, 0.29) is 18.6 Å². The van der Waals surface area contributed by atoms with Crippen molar-refractivity contribution in [2.75, 3.05) is 59.6 Å². The Labute approximate surface area is 126 Å². The number of rotatable bonds is 6. The van der Waals surface area contributed by atoms with Crippen LogP contribution in [0.25, 0.3) is 0 Å². The average molecular weight is 300 g/mol. The van der Waals surface area contributed by atoms with Crippen molar-refractivity contribution in [2.45, 2.75) is 19.3 Å². The molecule has 0 amide bonds. The quantitative estimate of drug-likeness (QED) is 0.725. The zero-order valence-electron chi connectivity index (χ0n) is 13.0. The Balaban J connectivity index is 1.89. The van der Waals surface area contributed by atoms with Gasteiger partial charge in [0.1, 0.15) is 0 Å². The van der Waals surface area contributed by atoms with Crippen molar-refractivity contribution in [1.29, 1.82) is 0 Å². The molecule has 122 valence electrons. The van der Waals surface area contributed by atoms with Crippen molar-refractivity contribution in [3.8, 4) is 0 Å². The molecule has 6 heteroatoms. The summed E-state index contributed by atoms with van der Waals surface area (Å²) < 4.78 is 5.14. The Morgan fingerprint density at radius 1 is 1.24 bits per heavy atom. The number of carboxylic acid groups (broad SMARTS) is 1. The van der Waals surface area contributed by atoms with E-state index in [4.69, 9.17) is 9.84 Å². The summed E-state index contributed by atoms with van der Waals surface area (Å²) in [5.74, 6) is -0.450. The Hall–Kier alpha value is -0.690. The van der Waals surface area contributed by atoms with Crippen LogP contribution in [0.2, 0.25) is 0 Å². The summed E-state index contributed by atoms with van der Waals surface area (Å²) in [7, 11) is 1.72. The Bertz CT molecular complexity index is 343. The number of aliphatic hydroxyl groups excluding tert-OH is 1. The number of hydrogen-bond donors (Lipinski definition) is 2. The maximum Gasteiger partial charge on any atom is 0.317 e. The summed E-state index contributed by atoms with van der Waals surface area (Å²) in [5.41, 5.74) is 0.202. The van der Waals surface area contributed by atoms with Gasteiger partial charge in [0.25, 0.3) is 0 Å². The van der Waals surface area contributed by atoms with Crippen molar-refractivity contribution in [3.63, 3.8) is 0 Å². The van der Waals surface area contributed by atoms with E-state index in [9.17, 15) is 9.90 Å². The lowest BCUT2D eigenvalue weighted by Crippen LogP contribution is -2.54. The first-order valence-electron chi connectivity index (χ1n) is 7.86. The molecular weight excluding hydrogens is 272 g/mol. The van der Waals surface area contributed by atoms with Gasteiger partial charge in [-0.2, -0.15) is 0 Å². The monoisotopic (exact) mass is 300 g/mol. The van der Waals surface area contributed by atoms with E-state index in [0.29, 0.717) is 5.92 Å². The minimum atomic E-state index is -0.751. The summed E-state index contributed by atoms with van der Waals surface area (Å²) in [5, 5.41) is 18.7. The maximum absolute atomic E-state index is 10.8. The highest BCUT2D eigenvalue weighted by atomic mass is 16.5. The Morgan fingerprint density at radius 3 is 2.38 bits per heavy atom. The number of piperidine rings is 2. The third-order valence-electron chi connectivity index (χ3n) is 5.31. The van der Waals surface area contributed by atoms with E-state index in [0.717, 1.165) is 58.6 Å². The minimum absolute atomic E-state index is 0.139. The molecule has 2 saturated heterocycles. The van der Waals surface area contributed by atoms with Gasteiger partial charge in [-0.1, -0.05) is 0 Å². The third-order valence-corrected chi connectivity index (χ3v) is 5.31. The van der Waals surface area contributed by atoms with Crippen LogP contribution in [0.15, 0.2) is 0 Å². The van der Waals surface area contributed by atoms with Crippen LogP contribution < -0.4 is 0 Å². The molecule has 0 radical (unpaired) electrons. The minimum Gasteiger partial charge on any atom is -0.480 e. The molecule has 0 aromatic carbocycles. The fourth-order valence-corrected chi connectivity index (χ4v) is 3.86. The number of hydrogen-bond acceptors (Lipinski definition) is 5. The predicted molar refractivity (Wildman–Crippen MR) is 79.3 cm³/mol. The molecule has 0 bridgehead atoms. The number of aliphatic hydroxyl groups is 1. The first-order valence-corrected chi connectivity index (χ1v) is 7.86. The molecule has 2 rings (SSSR count). The average Bonchev–Trinajstić information content (AvgIpc) is 2.48. The molecule has 2 aliphatic rings. The van der Waals surface area contributed by atoms with Crippen molar-refractivity contribution in [1.82, 2.24) is 9.80 Å². The standard InChI is InChI=1S/C15H28N2O4/c1-21-9-8-17-7-4-15(13(10-17)12-18)2-5-16(6-3-15)11-14(19)20/h13,18H,2-12H2,1H3,(H,19,20). The van der Waals surface area contributed by atoms with Crippen molar-refractivity contribution < 1.29 is 19.7 Å². The van der Waals surface area contributed by atoms with E-state index in [1.807, 2.05) is 4.90 Å². The van der Waals surface area contributed by atoms with E-state index in [1.165, 1.54) is 0 Å². The molecule has 6 nitrogen and oxygen atoms in total. The molecule has 0 aromatic rings. The molecule has 21 heavy (non-hydrogen) atoms. The Kier molecular flexibility index (Phi) is 5.98. The van der Waals surface area contributed by atoms with Gasteiger partial charge in [-0.05, 0) is 44.3 Å². The summed E-state index contributed by atoms with van der Waals surface area (Å²) in [4.78, 5) is 15.2. The third kappa shape index (κ3) is 4.16. The summed E-state index contributed by atoms with van der Waals surface area (Å²) in [6.07, 6.45) is 3.11. The van der Waals surface area contributed by atoms with E-state index in [2.05, 4.69) is 4.90 Å². The van der Waals surface area contributed by atoms with Gasteiger partial charge in [-0.3, -0.25) is 9.69 Å². The second-order valence-electron chi connectivity index (χ2n) is 6.46. The highest BCUT2D eigenvalue weighted by Crippen LogP contribution is 2.44. The fraction of sp³-hybridized carbons (Fsp3) is 0.933.